The van der Waals surface area contributed by atoms with Crippen LogP contribution in [0, 0.1) is 0 Å². The van der Waals surface area contributed by atoms with Gasteiger partial charge < -0.3 is 10.2 Å². The number of fused-ring (bicyclic) bond motifs is 1. The summed E-state index contributed by atoms with van der Waals surface area (Å²) < 4.78 is 31.0. The number of carbonyl (C=O) groups is 1. The molecule has 3 rings (SSSR count). The minimum atomic E-state index is -4.30. The van der Waals surface area contributed by atoms with Gasteiger partial charge in [-0.05, 0) is 30.3 Å². The molecule has 8 nitrogen and oxygen atoms in total. The van der Waals surface area contributed by atoms with Crippen LogP contribution in [-0.2, 0) is 10.1 Å². The highest BCUT2D eigenvalue weighted by atomic mass is 32.2. The van der Waals surface area contributed by atoms with Gasteiger partial charge in [0.25, 0.3) is 10.1 Å². The zero-order valence-electron chi connectivity index (χ0n) is 13.1. The second kappa shape index (κ2) is 6.54. The summed E-state index contributed by atoms with van der Waals surface area (Å²) in [5.74, 6) is -1.66. The van der Waals surface area contributed by atoms with Gasteiger partial charge in [-0.2, -0.15) is 13.5 Å². The van der Waals surface area contributed by atoms with Gasteiger partial charge in [0, 0.05) is 10.8 Å². The van der Waals surface area contributed by atoms with Crippen molar-refractivity contribution in [2.24, 2.45) is 10.2 Å². The van der Waals surface area contributed by atoms with Crippen LogP contribution in [0.15, 0.2) is 69.7 Å². The van der Waals surface area contributed by atoms with E-state index in [9.17, 15) is 23.4 Å². The van der Waals surface area contributed by atoms with Gasteiger partial charge in [-0.25, -0.2) is 4.79 Å². The van der Waals surface area contributed by atoms with E-state index >= 15 is 0 Å². The van der Waals surface area contributed by atoms with Crippen LogP contribution in [0.5, 0.6) is 5.75 Å². The van der Waals surface area contributed by atoms with Gasteiger partial charge in [-0.15, -0.1) is 5.11 Å². The first-order chi connectivity index (χ1) is 12.3. The Labute approximate surface area is 147 Å². The molecule has 3 aromatic rings. The molecule has 0 amide bonds. The van der Waals surface area contributed by atoms with Gasteiger partial charge in [0.15, 0.2) is 0 Å². The molecule has 0 aliphatic heterocycles. The lowest BCUT2D eigenvalue weighted by atomic mass is 10.0. The Bertz CT molecular complexity index is 1140. The fourth-order valence-corrected chi connectivity index (χ4v) is 2.86. The lowest BCUT2D eigenvalue weighted by molar-refractivity contribution is 0.0694. The van der Waals surface area contributed by atoms with Crippen molar-refractivity contribution in [2.75, 3.05) is 0 Å². The quantitative estimate of drug-likeness (QED) is 0.469. The topological polar surface area (TPSA) is 137 Å². The van der Waals surface area contributed by atoms with Crippen molar-refractivity contribution in [3.63, 3.8) is 0 Å². The summed E-state index contributed by atoms with van der Waals surface area (Å²) in [6.45, 7) is 0. The Kier molecular flexibility index (Phi) is 4.41. The summed E-state index contributed by atoms with van der Waals surface area (Å²) >= 11 is 0. The number of hydrogen-bond acceptors (Lipinski definition) is 6. The lowest BCUT2D eigenvalue weighted by Gasteiger charge is -2.07. The molecule has 0 unspecified atom stereocenters. The Balaban J connectivity index is 2.07. The Morgan fingerprint density at radius 3 is 2.12 bits per heavy atom. The van der Waals surface area contributed by atoms with E-state index in [2.05, 4.69) is 10.2 Å². The molecule has 132 valence electrons. The minimum absolute atomic E-state index is 0.231. The van der Waals surface area contributed by atoms with E-state index in [4.69, 9.17) is 4.55 Å². The van der Waals surface area contributed by atoms with Crippen LogP contribution in [-0.4, -0.2) is 29.2 Å². The number of phenols is 1. The summed E-state index contributed by atoms with van der Waals surface area (Å²) in [4.78, 5) is 11.0. The highest BCUT2D eigenvalue weighted by Gasteiger charge is 2.16. The maximum absolute atomic E-state index is 11.3. The minimum Gasteiger partial charge on any atom is -0.506 e. The van der Waals surface area contributed by atoms with Gasteiger partial charge in [-0.3, -0.25) is 4.55 Å². The van der Waals surface area contributed by atoms with E-state index < -0.39 is 16.1 Å². The second-order valence-corrected chi connectivity index (χ2v) is 6.73. The fraction of sp³-hybridized carbons (Fsp3) is 0. The molecule has 0 spiro atoms. The molecule has 0 atom stereocenters. The van der Waals surface area contributed by atoms with E-state index in [1.165, 1.54) is 30.3 Å². The van der Waals surface area contributed by atoms with Gasteiger partial charge in [-0.1, -0.05) is 24.3 Å². The number of aromatic hydroxyl groups is 1. The van der Waals surface area contributed by atoms with Crippen LogP contribution in [0.2, 0.25) is 0 Å². The third-order valence-corrected chi connectivity index (χ3v) is 4.50. The van der Waals surface area contributed by atoms with Crippen molar-refractivity contribution in [3.8, 4) is 5.75 Å². The van der Waals surface area contributed by atoms with Gasteiger partial charge in [0.05, 0.1) is 16.3 Å². The molecule has 0 radical (unpaired) electrons. The van der Waals surface area contributed by atoms with Crippen molar-refractivity contribution >= 4 is 38.2 Å². The first-order valence-electron chi connectivity index (χ1n) is 7.24. The number of nitrogens with zero attached hydrogens (tertiary/aromatic N) is 2. The molecule has 3 aromatic carbocycles. The zero-order chi connectivity index (χ0) is 18.9. The normalized spacial score (nSPS) is 11.9. The van der Waals surface area contributed by atoms with Crippen molar-refractivity contribution in [1.29, 1.82) is 0 Å². The molecule has 0 fully saturated rings. The average Bonchev–Trinajstić information content (AvgIpc) is 2.60. The van der Waals surface area contributed by atoms with Crippen molar-refractivity contribution in [2.45, 2.75) is 4.90 Å². The Morgan fingerprint density at radius 1 is 0.923 bits per heavy atom. The molecule has 0 aliphatic rings. The van der Waals surface area contributed by atoms with E-state index in [1.807, 2.05) is 0 Å². The van der Waals surface area contributed by atoms with E-state index in [0.29, 0.717) is 16.5 Å². The summed E-state index contributed by atoms with van der Waals surface area (Å²) in [5.41, 5.74) is 0.223. The first kappa shape index (κ1) is 17.5. The lowest BCUT2D eigenvalue weighted by Crippen LogP contribution is -1.97. The maximum atomic E-state index is 11.3. The molecule has 0 saturated heterocycles. The number of hydrogen-bond donors (Lipinski definition) is 3. The molecular formula is C17H12N2O6S. The van der Waals surface area contributed by atoms with Crippen LogP contribution >= 0.6 is 0 Å². The highest BCUT2D eigenvalue weighted by molar-refractivity contribution is 7.85. The van der Waals surface area contributed by atoms with Crippen LogP contribution in [0.1, 0.15) is 10.4 Å². The van der Waals surface area contributed by atoms with E-state index in [-0.39, 0.29) is 21.9 Å². The zero-order valence-corrected chi connectivity index (χ0v) is 13.9. The van der Waals surface area contributed by atoms with E-state index in [1.54, 1.807) is 24.3 Å². The summed E-state index contributed by atoms with van der Waals surface area (Å²) in [5, 5.41) is 28.1. The number of rotatable bonds is 4. The van der Waals surface area contributed by atoms with Crippen LogP contribution in [0.25, 0.3) is 10.8 Å². The first-order valence-corrected chi connectivity index (χ1v) is 8.68. The van der Waals surface area contributed by atoms with Crippen LogP contribution < -0.4 is 0 Å². The number of benzene rings is 3. The highest BCUT2D eigenvalue weighted by Crippen LogP contribution is 2.36. The molecule has 0 bridgehead atoms. The largest absolute Gasteiger partial charge is 0.506 e. The summed E-state index contributed by atoms with van der Waals surface area (Å²) in [6.07, 6.45) is 0. The van der Waals surface area contributed by atoms with Crippen LogP contribution in [0.3, 0.4) is 0 Å². The Hall–Kier alpha value is -3.30. The molecule has 9 heteroatoms. The van der Waals surface area contributed by atoms with Gasteiger partial charge in [0.1, 0.15) is 11.3 Å². The van der Waals surface area contributed by atoms with Crippen molar-refractivity contribution in [3.05, 3.63) is 60.2 Å². The Morgan fingerprint density at radius 2 is 1.54 bits per heavy atom. The fourth-order valence-electron chi connectivity index (χ4n) is 2.38. The molecule has 26 heavy (non-hydrogen) atoms. The molecule has 0 heterocycles. The smallest absolute Gasteiger partial charge is 0.339 e. The standard InChI is InChI=1S/C17H12N2O6S/c20-16-13-4-2-1-3-12(13)15(9-14(16)17(21)22)19-18-10-5-7-11(8-6-10)26(23,24)25/h1-9,20H,(H,21,22)(H,23,24,25). The predicted octanol–water partition coefficient (Wildman–Crippen LogP) is 3.91. The van der Waals surface area contributed by atoms with Gasteiger partial charge in [0.2, 0.25) is 0 Å². The van der Waals surface area contributed by atoms with Crippen molar-refractivity contribution < 1.29 is 28.0 Å². The molecule has 0 aromatic heterocycles. The number of azo groups is 1. The van der Waals surface area contributed by atoms with E-state index in [0.717, 1.165) is 0 Å². The van der Waals surface area contributed by atoms with Crippen molar-refractivity contribution in [1.82, 2.24) is 0 Å². The molecule has 0 saturated carbocycles. The summed E-state index contributed by atoms with van der Waals surface area (Å²) in [7, 11) is -4.30. The number of carboxylic acids is 1. The number of aromatic carboxylic acids is 1. The second-order valence-electron chi connectivity index (χ2n) is 5.31. The predicted molar refractivity (Wildman–Crippen MR) is 93.0 cm³/mol. The average molecular weight is 372 g/mol. The molecule has 0 aliphatic carbocycles. The summed E-state index contributed by atoms with van der Waals surface area (Å²) in [6, 6.07) is 12.8. The van der Waals surface area contributed by atoms with Crippen LogP contribution in [0.4, 0.5) is 11.4 Å². The third kappa shape index (κ3) is 3.39. The number of carboxylic acid groups (broad SMARTS) is 1. The molecular weight excluding hydrogens is 360 g/mol. The SMILES string of the molecule is O=C(O)c1cc(N=Nc2ccc(S(=O)(=O)O)cc2)c2ccccc2c1O. The molecule has 3 N–H and O–H groups in total. The third-order valence-electron chi connectivity index (χ3n) is 3.63. The monoisotopic (exact) mass is 372 g/mol. The van der Waals surface area contributed by atoms with Gasteiger partial charge >= 0.3 is 5.97 Å². The maximum Gasteiger partial charge on any atom is 0.339 e.